The summed E-state index contributed by atoms with van der Waals surface area (Å²) in [6.07, 6.45) is -4.42. The number of ether oxygens (including phenoxy) is 2. The van der Waals surface area contributed by atoms with Crippen molar-refractivity contribution in [2.45, 2.75) is 6.18 Å². The molecule has 0 aliphatic rings. The maximum absolute atomic E-state index is 12.6. The molecule has 0 bridgehead atoms. The van der Waals surface area contributed by atoms with Gasteiger partial charge < -0.3 is 14.8 Å². The summed E-state index contributed by atoms with van der Waals surface area (Å²) in [6.45, 7) is 0.212. The number of carbonyl (C=O) groups excluding carboxylic acids is 1. The zero-order valence-corrected chi connectivity index (χ0v) is 12.9. The molecule has 0 aromatic heterocycles. The van der Waals surface area contributed by atoms with Gasteiger partial charge in [-0.25, -0.2) is 0 Å². The van der Waals surface area contributed by atoms with Crippen molar-refractivity contribution in [1.29, 1.82) is 0 Å². The molecule has 0 saturated carbocycles. The van der Waals surface area contributed by atoms with Crippen LogP contribution in [0.4, 0.5) is 13.2 Å². The lowest BCUT2D eigenvalue weighted by Crippen LogP contribution is -2.28. The van der Waals surface area contributed by atoms with Crippen LogP contribution in [0.3, 0.4) is 0 Å². The van der Waals surface area contributed by atoms with Crippen molar-refractivity contribution in [2.75, 3.05) is 20.3 Å². The number of hydrogen-bond acceptors (Lipinski definition) is 3. The van der Waals surface area contributed by atoms with E-state index in [-0.39, 0.29) is 24.8 Å². The van der Waals surface area contributed by atoms with Gasteiger partial charge in [0.25, 0.3) is 5.91 Å². The van der Waals surface area contributed by atoms with E-state index in [0.29, 0.717) is 11.3 Å². The predicted octanol–water partition coefficient (Wildman–Crippen LogP) is 3.52. The van der Waals surface area contributed by atoms with E-state index >= 15 is 0 Å². The highest BCUT2D eigenvalue weighted by Gasteiger charge is 2.30. The van der Waals surface area contributed by atoms with Crippen molar-refractivity contribution < 1.29 is 27.4 Å². The fraction of sp³-hybridized carbons (Fsp3) is 0.235. The Balaban J connectivity index is 1.83. The fourth-order valence-corrected chi connectivity index (χ4v) is 1.96. The fourth-order valence-electron chi connectivity index (χ4n) is 1.96. The van der Waals surface area contributed by atoms with Crippen LogP contribution in [-0.2, 0) is 6.18 Å². The van der Waals surface area contributed by atoms with Crippen LogP contribution in [0.1, 0.15) is 15.9 Å². The van der Waals surface area contributed by atoms with E-state index in [4.69, 9.17) is 9.47 Å². The molecule has 0 spiro atoms. The molecule has 7 heteroatoms. The minimum atomic E-state index is -4.42. The summed E-state index contributed by atoms with van der Waals surface area (Å²) >= 11 is 0. The van der Waals surface area contributed by atoms with E-state index in [1.165, 1.54) is 19.2 Å². The first-order chi connectivity index (χ1) is 11.4. The number of benzene rings is 2. The quantitative estimate of drug-likeness (QED) is 0.819. The highest BCUT2D eigenvalue weighted by atomic mass is 19.4. The van der Waals surface area contributed by atoms with Crippen molar-refractivity contribution in [3.63, 3.8) is 0 Å². The molecule has 0 atom stereocenters. The Bertz CT molecular complexity index is 701. The average Bonchev–Trinajstić information content (AvgIpc) is 2.58. The largest absolute Gasteiger partial charge is 0.497 e. The second-order valence-corrected chi connectivity index (χ2v) is 4.86. The molecule has 0 heterocycles. The minimum Gasteiger partial charge on any atom is -0.497 e. The molecule has 2 rings (SSSR count). The highest BCUT2D eigenvalue weighted by Crippen LogP contribution is 2.31. The Labute approximate surface area is 137 Å². The second kappa shape index (κ2) is 7.72. The molecule has 1 amide bonds. The van der Waals surface area contributed by atoms with Crippen LogP contribution in [-0.4, -0.2) is 26.2 Å². The van der Waals surface area contributed by atoms with Gasteiger partial charge in [0.2, 0.25) is 0 Å². The Morgan fingerprint density at radius 2 is 1.79 bits per heavy atom. The van der Waals surface area contributed by atoms with E-state index < -0.39 is 11.7 Å². The summed E-state index contributed by atoms with van der Waals surface area (Å²) in [5.41, 5.74) is -0.353. The van der Waals surface area contributed by atoms with Gasteiger partial charge in [0, 0.05) is 5.56 Å². The molecule has 2 aromatic carbocycles. The number of carbonyl (C=O) groups is 1. The number of halogens is 3. The normalized spacial score (nSPS) is 11.0. The molecule has 24 heavy (non-hydrogen) atoms. The van der Waals surface area contributed by atoms with Crippen molar-refractivity contribution in [3.8, 4) is 11.5 Å². The third kappa shape index (κ3) is 4.91. The number of methoxy groups -OCH3 is 1. The lowest BCUT2D eigenvalue weighted by atomic mass is 10.2. The van der Waals surface area contributed by atoms with E-state index in [1.54, 1.807) is 24.3 Å². The third-order valence-electron chi connectivity index (χ3n) is 3.15. The van der Waals surface area contributed by atoms with Crippen LogP contribution in [0, 0.1) is 0 Å². The molecule has 128 valence electrons. The van der Waals surface area contributed by atoms with Crippen LogP contribution in [0.15, 0.2) is 48.5 Å². The van der Waals surface area contributed by atoms with Crippen molar-refractivity contribution in [1.82, 2.24) is 5.32 Å². The molecule has 1 N–H and O–H groups in total. The van der Waals surface area contributed by atoms with E-state index in [0.717, 1.165) is 12.1 Å². The highest BCUT2D eigenvalue weighted by molar-refractivity contribution is 5.94. The first kappa shape index (κ1) is 17.7. The average molecular weight is 339 g/mol. The van der Waals surface area contributed by atoms with Gasteiger partial charge in [0.1, 0.15) is 18.1 Å². The van der Waals surface area contributed by atoms with E-state index in [1.807, 2.05) is 0 Å². The standard InChI is InChI=1S/C17H16F3NO3/c1-23-14-6-2-4-12(10-14)16(22)21-8-9-24-15-7-3-5-13(11-15)17(18,19)20/h2-7,10-11H,8-9H2,1H3,(H,21,22). The zero-order chi connectivity index (χ0) is 17.6. The van der Waals surface area contributed by atoms with Crippen LogP contribution in [0.2, 0.25) is 0 Å². The van der Waals surface area contributed by atoms with Gasteiger partial charge in [-0.1, -0.05) is 12.1 Å². The molecule has 0 aliphatic heterocycles. The molecule has 0 saturated heterocycles. The molecule has 0 fully saturated rings. The number of nitrogens with one attached hydrogen (secondary N) is 1. The Kier molecular flexibility index (Phi) is 5.68. The van der Waals surface area contributed by atoms with Crippen molar-refractivity contribution >= 4 is 5.91 Å². The maximum atomic E-state index is 12.6. The van der Waals surface area contributed by atoms with Crippen LogP contribution < -0.4 is 14.8 Å². The van der Waals surface area contributed by atoms with Gasteiger partial charge in [-0.05, 0) is 36.4 Å². The van der Waals surface area contributed by atoms with Crippen LogP contribution >= 0.6 is 0 Å². The predicted molar refractivity (Wildman–Crippen MR) is 82.3 cm³/mol. The molecular weight excluding hydrogens is 323 g/mol. The topological polar surface area (TPSA) is 47.6 Å². The van der Waals surface area contributed by atoms with Crippen molar-refractivity contribution in [3.05, 3.63) is 59.7 Å². The lowest BCUT2D eigenvalue weighted by Gasteiger charge is -2.11. The van der Waals surface area contributed by atoms with Gasteiger partial charge in [0.05, 0.1) is 19.2 Å². The molecule has 0 aliphatic carbocycles. The Hall–Kier alpha value is -2.70. The van der Waals surface area contributed by atoms with Gasteiger partial charge in [-0.2, -0.15) is 13.2 Å². The summed E-state index contributed by atoms with van der Waals surface area (Å²) < 4.78 is 48.0. The van der Waals surface area contributed by atoms with Gasteiger partial charge in [-0.15, -0.1) is 0 Å². The molecule has 0 radical (unpaired) electrons. The first-order valence-electron chi connectivity index (χ1n) is 7.12. The smallest absolute Gasteiger partial charge is 0.416 e. The first-order valence-corrected chi connectivity index (χ1v) is 7.12. The van der Waals surface area contributed by atoms with E-state index in [2.05, 4.69) is 5.32 Å². The van der Waals surface area contributed by atoms with Gasteiger partial charge in [0.15, 0.2) is 0 Å². The summed E-state index contributed by atoms with van der Waals surface area (Å²) in [5.74, 6) is 0.338. The Morgan fingerprint density at radius 1 is 1.08 bits per heavy atom. The molecule has 0 unspecified atom stereocenters. The third-order valence-corrected chi connectivity index (χ3v) is 3.15. The summed E-state index contributed by atoms with van der Waals surface area (Å²) in [6, 6.07) is 11.2. The summed E-state index contributed by atoms with van der Waals surface area (Å²) in [4.78, 5) is 11.9. The second-order valence-electron chi connectivity index (χ2n) is 4.86. The van der Waals surface area contributed by atoms with E-state index in [9.17, 15) is 18.0 Å². The summed E-state index contributed by atoms with van der Waals surface area (Å²) in [7, 11) is 1.50. The molecular formula is C17H16F3NO3. The SMILES string of the molecule is COc1cccc(C(=O)NCCOc2cccc(C(F)(F)F)c2)c1. The molecule has 2 aromatic rings. The number of amides is 1. The van der Waals surface area contributed by atoms with Gasteiger partial charge >= 0.3 is 6.18 Å². The minimum absolute atomic E-state index is 0.0526. The monoisotopic (exact) mass is 339 g/mol. The lowest BCUT2D eigenvalue weighted by molar-refractivity contribution is -0.137. The number of hydrogen-bond donors (Lipinski definition) is 1. The van der Waals surface area contributed by atoms with Crippen LogP contribution in [0.25, 0.3) is 0 Å². The number of alkyl halides is 3. The zero-order valence-electron chi connectivity index (χ0n) is 12.9. The number of rotatable bonds is 6. The maximum Gasteiger partial charge on any atom is 0.416 e. The van der Waals surface area contributed by atoms with Crippen LogP contribution in [0.5, 0.6) is 11.5 Å². The Morgan fingerprint density at radius 3 is 2.50 bits per heavy atom. The van der Waals surface area contributed by atoms with Crippen molar-refractivity contribution in [2.24, 2.45) is 0 Å². The summed E-state index contributed by atoms with van der Waals surface area (Å²) in [5, 5.41) is 2.62. The van der Waals surface area contributed by atoms with Gasteiger partial charge in [-0.3, -0.25) is 4.79 Å². The molecule has 4 nitrogen and oxygen atoms in total.